The van der Waals surface area contributed by atoms with Gasteiger partial charge in [0.2, 0.25) is 0 Å². The van der Waals surface area contributed by atoms with Crippen molar-refractivity contribution in [2.24, 2.45) is 7.05 Å². The monoisotopic (exact) mass is 393 g/mol. The smallest absolute Gasteiger partial charge is 0.140 e. The Morgan fingerprint density at radius 1 is 1.38 bits per heavy atom. The molecule has 0 amide bonds. The van der Waals surface area contributed by atoms with Gasteiger partial charge in [-0.2, -0.15) is 5.10 Å². The summed E-state index contributed by atoms with van der Waals surface area (Å²) < 4.78 is 1.82. The Balaban J connectivity index is 0.00000128. The molecular weight excluding hydrogens is 378 g/mol. The number of rotatable bonds is 3. The Morgan fingerprint density at radius 2 is 2.19 bits per heavy atom. The first-order valence-corrected chi connectivity index (χ1v) is 5.18. The fourth-order valence-electron chi connectivity index (χ4n) is 1.53. The summed E-state index contributed by atoms with van der Waals surface area (Å²) in [4.78, 5) is 4.49. The molecule has 0 aliphatic carbocycles. The number of aryl methyl sites for hydroxylation is 2. The van der Waals surface area contributed by atoms with Crippen molar-refractivity contribution in [1.82, 2.24) is 14.8 Å². The Bertz CT molecular complexity index is 437. The number of nitrogens with zero attached hydrogens (tertiary/aromatic N) is 3. The SMILES string of the molecule is CCCc1nc(-c2[c-]cccc2)n(C)n1.[Ir]. The maximum absolute atomic E-state index is 4.49. The number of aromatic nitrogens is 3. The molecule has 1 heterocycles. The van der Waals surface area contributed by atoms with Gasteiger partial charge in [0, 0.05) is 33.6 Å². The van der Waals surface area contributed by atoms with E-state index in [1.807, 2.05) is 36.0 Å². The first-order chi connectivity index (χ1) is 7.31. The maximum atomic E-state index is 4.49. The van der Waals surface area contributed by atoms with Crippen LogP contribution in [-0.4, -0.2) is 14.8 Å². The van der Waals surface area contributed by atoms with E-state index < -0.39 is 0 Å². The molecule has 87 valence electrons. The predicted octanol–water partition coefficient (Wildman–Crippen LogP) is 2.23. The van der Waals surface area contributed by atoms with Crippen LogP contribution in [0, 0.1) is 6.07 Å². The molecule has 0 saturated heterocycles. The fraction of sp³-hybridized carbons (Fsp3) is 0.333. The molecular formula is C12H14IrN3-. The summed E-state index contributed by atoms with van der Waals surface area (Å²) in [6.07, 6.45) is 2.00. The zero-order valence-corrected chi connectivity index (χ0v) is 11.8. The zero-order chi connectivity index (χ0) is 10.7. The van der Waals surface area contributed by atoms with Gasteiger partial charge < -0.3 is 0 Å². The first-order valence-electron chi connectivity index (χ1n) is 5.18. The average molecular weight is 392 g/mol. The summed E-state index contributed by atoms with van der Waals surface area (Å²) in [5, 5.41) is 4.36. The minimum Gasteiger partial charge on any atom is -0.289 e. The molecule has 0 aliphatic heterocycles. The summed E-state index contributed by atoms with van der Waals surface area (Å²) in [6, 6.07) is 11.0. The summed E-state index contributed by atoms with van der Waals surface area (Å²) >= 11 is 0. The Labute approximate surface area is 109 Å². The number of benzene rings is 1. The summed E-state index contributed by atoms with van der Waals surface area (Å²) in [5.41, 5.74) is 0.995. The maximum Gasteiger partial charge on any atom is 0.140 e. The van der Waals surface area contributed by atoms with Gasteiger partial charge in [-0.1, -0.05) is 6.92 Å². The van der Waals surface area contributed by atoms with E-state index in [2.05, 4.69) is 23.1 Å². The molecule has 2 aromatic rings. The van der Waals surface area contributed by atoms with Crippen LogP contribution in [0.4, 0.5) is 0 Å². The second-order valence-electron chi connectivity index (χ2n) is 3.50. The van der Waals surface area contributed by atoms with E-state index in [9.17, 15) is 0 Å². The molecule has 0 fully saturated rings. The van der Waals surface area contributed by atoms with Crippen molar-refractivity contribution in [3.05, 3.63) is 36.2 Å². The second-order valence-corrected chi connectivity index (χ2v) is 3.50. The quantitative estimate of drug-likeness (QED) is 0.750. The van der Waals surface area contributed by atoms with Crippen LogP contribution in [0.15, 0.2) is 24.3 Å². The van der Waals surface area contributed by atoms with Gasteiger partial charge in [-0.15, -0.1) is 35.9 Å². The van der Waals surface area contributed by atoms with E-state index in [0.29, 0.717) is 0 Å². The van der Waals surface area contributed by atoms with E-state index >= 15 is 0 Å². The molecule has 2 rings (SSSR count). The molecule has 16 heavy (non-hydrogen) atoms. The molecule has 0 spiro atoms. The van der Waals surface area contributed by atoms with Crippen LogP contribution >= 0.6 is 0 Å². The molecule has 0 aliphatic rings. The molecule has 3 nitrogen and oxygen atoms in total. The third kappa shape index (κ3) is 2.77. The fourth-order valence-corrected chi connectivity index (χ4v) is 1.53. The largest absolute Gasteiger partial charge is 0.289 e. The van der Waals surface area contributed by atoms with E-state index in [4.69, 9.17) is 0 Å². The predicted molar refractivity (Wildman–Crippen MR) is 59.3 cm³/mol. The van der Waals surface area contributed by atoms with Crippen molar-refractivity contribution < 1.29 is 20.1 Å². The Morgan fingerprint density at radius 3 is 2.81 bits per heavy atom. The second kappa shape index (κ2) is 5.92. The molecule has 4 heteroatoms. The van der Waals surface area contributed by atoms with Crippen LogP contribution in [0.5, 0.6) is 0 Å². The third-order valence-electron chi connectivity index (χ3n) is 2.23. The summed E-state index contributed by atoms with van der Waals surface area (Å²) in [6.45, 7) is 2.13. The molecule has 1 aromatic heterocycles. The molecule has 0 N–H and O–H groups in total. The van der Waals surface area contributed by atoms with Gasteiger partial charge >= 0.3 is 0 Å². The van der Waals surface area contributed by atoms with Gasteiger partial charge in [-0.3, -0.25) is 9.67 Å². The number of hydrogen-bond acceptors (Lipinski definition) is 2. The minimum atomic E-state index is 0. The topological polar surface area (TPSA) is 30.7 Å². The standard InChI is InChI=1S/C12H14N3.Ir/c1-3-7-11-13-12(15(2)14-11)10-8-5-4-6-9-10;/h4-6,8H,3,7H2,1-2H3;/q-1;. The van der Waals surface area contributed by atoms with Crippen LogP contribution in [-0.2, 0) is 33.6 Å². The average Bonchev–Trinajstić information content (AvgIpc) is 2.61. The first kappa shape index (κ1) is 13.1. The van der Waals surface area contributed by atoms with Crippen LogP contribution in [0.1, 0.15) is 19.2 Å². The summed E-state index contributed by atoms with van der Waals surface area (Å²) in [5.74, 6) is 1.80. The van der Waals surface area contributed by atoms with Gasteiger partial charge in [0.15, 0.2) is 0 Å². The van der Waals surface area contributed by atoms with Gasteiger partial charge in [0.05, 0.1) is 5.82 Å². The normalized spacial score (nSPS) is 9.88. The Kier molecular flexibility index (Phi) is 4.84. The molecule has 0 saturated carbocycles. The molecule has 0 bridgehead atoms. The van der Waals surface area contributed by atoms with E-state index in [1.165, 1.54) is 0 Å². The third-order valence-corrected chi connectivity index (χ3v) is 2.23. The van der Waals surface area contributed by atoms with Crippen molar-refractivity contribution in [2.75, 3.05) is 0 Å². The van der Waals surface area contributed by atoms with Crippen molar-refractivity contribution in [3.63, 3.8) is 0 Å². The molecule has 1 aromatic carbocycles. The summed E-state index contributed by atoms with van der Waals surface area (Å²) in [7, 11) is 1.92. The van der Waals surface area contributed by atoms with Crippen LogP contribution in [0.3, 0.4) is 0 Å². The van der Waals surface area contributed by atoms with Crippen LogP contribution in [0.25, 0.3) is 11.4 Å². The van der Waals surface area contributed by atoms with Crippen molar-refractivity contribution in [2.45, 2.75) is 19.8 Å². The van der Waals surface area contributed by atoms with E-state index in [1.54, 1.807) is 0 Å². The van der Waals surface area contributed by atoms with E-state index in [0.717, 1.165) is 30.1 Å². The van der Waals surface area contributed by atoms with Gasteiger partial charge in [0.1, 0.15) is 5.82 Å². The van der Waals surface area contributed by atoms with Gasteiger partial charge in [-0.05, 0) is 6.42 Å². The Hall–Kier alpha value is -0.991. The number of hydrogen-bond donors (Lipinski definition) is 0. The minimum absolute atomic E-state index is 0. The van der Waals surface area contributed by atoms with Gasteiger partial charge in [0.25, 0.3) is 0 Å². The molecule has 1 radical (unpaired) electrons. The van der Waals surface area contributed by atoms with Crippen molar-refractivity contribution in [1.29, 1.82) is 0 Å². The van der Waals surface area contributed by atoms with Crippen LogP contribution < -0.4 is 0 Å². The van der Waals surface area contributed by atoms with Crippen molar-refractivity contribution >= 4 is 0 Å². The van der Waals surface area contributed by atoms with Crippen molar-refractivity contribution in [3.8, 4) is 11.4 Å². The van der Waals surface area contributed by atoms with Crippen LogP contribution in [0.2, 0.25) is 0 Å². The van der Waals surface area contributed by atoms with Gasteiger partial charge in [-0.25, -0.2) is 0 Å². The molecule has 0 unspecified atom stereocenters. The molecule has 0 atom stereocenters. The zero-order valence-electron chi connectivity index (χ0n) is 9.40. The van der Waals surface area contributed by atoms with E-state index in [-0.39, 0.29) is 20.1 Å².